The molecule has 4 heteroatoms. The number of allylic oxidation sites excluding steroid dienone is 4. The molecule has 7 atom stereocenters. The average molecular weight is 419 g/mol. The second-order valence-corrected chi connectivity index (χ2v) is 11.0. The molecule has 3 aliphatic rings. The van der Waals surface area contributed by atoms with Crippen molar-refractivity contribution in [1.29, 1.82) is 0 Å². The van der Waals surface area contributed by atoms with Crippen LogP contribution in [0.15, 0.2) is 35.5 Å². The minimum Gasteiger partial charge on any atom is -0.390 e. The van der Waals surface area contributed by atoms with Crippen LogP contribution >= 0.6 is 0 Å². The van der Waals surface area contributed by atoms with Gasteiger partial charge in [0.15, 0.2) is 0 Å². The fourth-order valence-electron chi connectivity index (χ4n) is 6.34. The van der Waals surface area contributed by atoms with Crippen molar-refractivity contribution in [3.05, 3.63) is 35.5 Å². The first-order valence-corrected chi connectivity index (χ1v) is 11.9. The van der Waals surface area contributed by atoms with Crippen LogP contribution < -0.4 is 0 Å². The molecule has 1 fully saturated rings. The topological polar surface area (TPSA) is 80.9 Å². The lowest BCUT2D eigenvalue weighted by atomic mass is 9.62. The number of aliphatic hydroxyl groups is 4. The minimum atomic E-state index is -1.09. The highest BCUT2D eigenvalue weighted by Crippen LogP contribution is 2.58. The van der Waals surface area contributed by atoms with Gasteiger partial charge in [0, 0.05) is 6.42 Å². The van der Waals surface area contributed by atoms with Crippen LogP contribution in [0.3, 0.4) is 0 Å². The van der Waals surface area contributed by atoms with E-state index in [9.17, 15) is 20.4 Å². The Morgan fingerprint density at radius 2 is 1.93 bits per heavy atom. The largest absolute Gasteiger partial charge is 0.390 e. The van der Waals surface area contributed by atoms with Crippen LogP contribution in [0.1, 0.15) is 79.1 Å². The maximum absolute atomic E-state index is 10.0. The first kappa shape index (κ1) is 23.7. The van der Waals surface area contributed by atoms with E-state index < -0.39 is 23.9 Å². The van der Waals surface area contributed by atoms with Crippen LogP contribution in [0.4, 0.5) is 0 Å². The van der Waals surface area contributed by atoms with E-state index in [-0.39, 0.29) is 0 Å². The van der Waals surface area contributed by atoms with Gasteiger partial charge in [0.1, 0.15) is 12.2 Å². The Kier molecular flexibility index (Phi) is 7.33. The lowest BCUT2D eigenvalue weighted by Gasteiger charge is -2.43. The average Bonchev–Trinajstić information content (AvgIpc) is 3.00. The van der Waals surface area contributed by atoms with E-state index in [1.807, 2.05) is 19.9 Å². The summed E-state index contributed by atoms with van der Waals surface area (Å²) in [6.45, 7) is 8.68. The van der Waals surface area contributed by atoms with Gasteiger partial charge in [-0.25, -0.2) is 0 Å². The number of rotatable bonds is 7. The molecule has 1 saturated carbocycles. The molecule has 0 aromatic carbocycles. The van der Waals surface area contributed by atoms with Crippen molar-refractivity contribution >= 4 is 0 Å². The first-order chi connectivity index (χ1) is 14.0. The summed E-state index contributed by atoms with van der Waals surface area (Å²) >= 11 is 0. The van der Waals surface area contributed by atoms with Crippen LogP contribution in [0.25, 0.3) is 0 Å². The number of hydrogen-bond donors (Lipinski definition) is 4. The maximum atomic E-state index is 10.0. The Morgan fingerprint density at radius 1 is 1.20 bits per heavy atom. The Balaban J connectivity index is 1.65. The van der Waals surface area contributed by atoms with Crippen LogP contribution in [0.5, 0.6) is 0 Å². The predicted octanol–water partition coefficient (Wildman–Crippen LogP) is 4.29. The minimum absolute atomic E-state index is 0.318. The summed E-state index contributed by atoms with van der Waals surface area (Å²) in [5.41, 5.74) is 2.03. The highest BCUT2D eigenvalue weighted by molar-refractivity contribution is 5.35. The SMILES string of the molecule is C[C@H](CCCC(C)(C)O)[C@H]1CC[C@H]2C(/C=C\C3=C[C@@H](O)[C@@H](O)[C@H](O)C3)=CCC[C@]12C. The summed E-state index contributed by atoms with van der Waals surface area (Å²) in [5.74, 6) is 1.95. The molecular formula is C26H42O4. The van der Waals surface area contributed by atoms with Crippen molar-refractivity contribution in [2.24, 2.45) is 23.2 Å². The monoisotopic (exact) mass is 418 g/mol. The third kappa shape index (κ3) is 5.27. The van der Waals surface area contributed by atoms with Crippen LogP contribution in [0.2, 0.25) is 0 Å². The molecule has 3 aliphatic carbocycles. The molecule has 0 amide bonds. The van der Waals surface area contributed by atoms with Gasteiger partial charge in [-0.2, -0.15) is 0 Å². The quantitative estimate of drug-likeness (QED) is 0.497. The van der Waals surface area contributed by atoms with Crippen molar-refractivity contribution in [3.8, 4) is 0 Å². The number of aliphatic hydroxyl groups excluding tert-OH is 3. The molecule has 0 saturated heterocycles. The summed E-state index contributed by atoms with van der Waals surface area (Å²) in [6.07, 6.45) is 13.6. The summed E-state index contributed by atoms with van der Waals surface area (Å²) in [4.78, 5) is 0. The molecule has 3 rings (SSSR count). The zero-order valence-corrected chi connectivity index (χ0v) is 19.2. The van der Waals surface area contributed by atoms with Crippen molar-refractivity contribution in [2.75, 3.05) is 0 Å². The van der Waals surface area contributed by atoms with Gasteiger partial charge in [-0.15, -0.1) is 0 Å². The molecule has 0 heterocycles. The molecule has 0 aromatic rings. The molecule has 4 nitrogen and oxygen atoms in total. The van der Waals surface area contributed by atoms with Gasteiger partial charge in [0.25, 0.3) is 0 Å². The van der Waals surface area contributed by atoms with Gasteiger partial charge < -0.3 is 20.4 Å². The van der Waals surface area contributed by atoms with E-state index >= 15 is 0 Å². The predicted molar refractivity (Wildman–Crippen MR) is 121 cm³/mol. The number of fused-ring (bicyclic) bond motifs is 1. The second kappa shape index (κ2) is 9.28. The van der Waals surface area contributed by atoms with Gasteiger partial charge in [-0.3, -0.25) is 0 Å². The summed E-state index contributed by atoms with van der Waals surface area (Å²) in [7, 11) is 0. The Labute approximate surface area is 182 Å². The van der Waals surface area contributed by atoms with Crippen molar-refractivity contribution in [3.63, 3.8) is 0 Å². The van der Waals surface area contributed by atoms with Gasteiger partial charge >= 0.3 is 0 Å². The molecule has 4 N–H and O–H groups in total. The van der Waals surface area contributed by atoms with Crippen molar-refractivity contribution in [2.45, 2.75) is 103 Å². The zero-order chi connectivity index (χ0) is 22.1. The van der Waals surface area contributed by atoms with E-state index in [4.69, 9.17) is 0 Å². The second-order valence-electron chi connectivity index (χ2n) is 11.0. The molecule has 170 valence electrons. The normalized spacial score (nSPS) is 38.3. The maximum Gasteiger partial charge on any atom is 0.110 e. The lowest BCUT2D eigenvalue weighted by Crippen LogP contribution is -2.39. The van der Waals surface area contributed by atoms with Crippen molar-refractivity contribution < 1.29 is 20.4 Å². The van der Waals surface area contributed by atoms with E-state index in [2.05, 4.69) is 26.0 Å². The molecule has 0 spiro atoms. The third-order valence-electron chi connectivity index (χ3n) is 8.07. The molecular weight excluding hydrogens is 376 g/mol. The fourth-order valence-corrected chi connectivity index (χ4v) is 6.34. The molecule has 0 bridgehead atoms. The van der Waals surface area contributed by atoms with E-state index in [1.165, 1.54) is 31.3 Å². The van der Waals surface area contributed by atoms with E-state index in [0.717, 1.165) is 24.8 Å². The molecule has 30 heavy (non-hydrogen) atoms. The Hall–Kier alpha value is -0.940. The standard InChI is InChI=1S/C26H42O4/c1-17(7-5-13-25(2,3)30)20-11-12-21-19(8-6-14-26(20,21)4)10-9-18-15-22(27)24(29)23(28)16-18/h8-10,15,17,20-24,27-30H,5-7,11-14,16H2,1-4H3/b10-9-/t17-,20-,21+,22-,23-,24-,26-/m1/s1. The van der Waals surface area contributed by atoms with Gasteiger partial charge in [0.05, 0.1) is 11.7 Å². The highest BCUT2D eigenvalue weighted by Gasteiger charge is 2.49. The number of hydrogen-bond acceptors (Lipinski definition) is 4. The Morgan fingerprint density at radius 3 is 2.60 bits per heavy atom. The Bertz CT molecular complexity index is 686. The summed E-state index contributed by atoms with van der Waals surface area (Å²) in [6, 6.07) is 0. The van der Waals surface area contributed by atoms with Crippen LogP contribution in [0, 0.1) is 23.2 Å². The molecule has 0 radical (unpaired) electrons. The smallest absolute Gasteiger partial charge is 0.110 e. The zero-order valence-electron chi connectivity index (χ0n) is 19.2. The molecule has 0 aliphatic heterocycles. The van der Waals surface area contributed by atoms with Gasteiger partial charge in [-0.1, -0.05) is 51.0 Å². The van der Waals surface area contributed by atoms with E-state index in [1.54, 1.807) is 6.08 Å². The summed E-state index contributed by atoms with van der Waals surface area (Å²) < 4.78 is 0. The van der Waals surface area contributed by atoms with Crippen molar-refractivity contribution in [1.82, 2.24) is 0 Å². The lowest BCUT2D eigenvalue weighted by molar-refractivity contribution is -0.0468. The van der Waals surface area contributed by atoms with E-state index in [0.29, 0.717) is 29.6 Å². The third-order valence-corrected chi connectivity index (χ3v) is 8.07. The molecule has 0 unspecified atom stereocenters. The summed E-state index contributed by atoms with van der Waals surface area (Å²) in [5, 5.41) is 39.6. The van der Waals surface area contributed by atoms with Gasteiger partial charge in [0.2, 0.25) is 0 Å². The van der Waals surface area contributed by atoms with Gasteiger partial charge in [-0.05, 0) is 80.3 Å². The molecule has 0 aromatic heterocycles. The van der Waals surface area contributed by atoms with Crippen LogP contribution in [-0.2, 0) is 0 Å². The highest BCUT2D eigenvalue weighted by atomic mass is 16.4. The first-order valence-electron chi connectivity index (χ1n) is 11.9. The van der Waals surface area contributed by atoms with Crippen LogP contribution in [-0.4, -0.2) is 44.3 Å². The fraction of sp³-hybridized carbons (Fsp3) is 0.769.